The van der Waals surface area contributed by atoms with Gasteiger partial charge in [-0.3, -0.25) is 4.79 Å². The molecule has 6 N–H and O–H groups in total. The number of amides is 1. The van der Waals surface area contributed by atoms with Gasteiger partial charge >= 0.3 is 0 Å². The second-order valence-corrected chi connectivity index (χ2v) is 3.71. The molecule has 4 atom stereocenters. The lowest BCUT2D eigenvalue weighted by molar-refractivity contribution is -0.0581. The smallest absolute Gasteiger partial charge is 0.286 e. The van der Waals surface area contributed by atoms with Gasteiger partial charge in [-0.05, 0) is 0 Å². The molecular weight excluding hydrogens is 230 g/mol. The Morgan fingerprint density at radius 2 is 2.35 bits per heavy atom. The Morgan fingerprint density at radius 1 is 1.65 bits per heavy atom. The van der Waals surface area contributed by atoms with Crippen molar-refractivity contribution in [2.75, 3.05) is 6.61 Å². The van der Waals surface area contributed by atoms with Gasteiger partial charge in [0.15, 0.2) is 6.23 Å². The Morgan fingerprint density at radius 3 is 2.88 bits per heavy atom. The zero-order valence-corrected chi connectivity index (χ0v) is 8.80. The lowest BCUT2D eigenvalue weighted by Gasteiger charge is -2.16. The summed E-state index contributed by atoms with van der Waals surface area (Å²) in [6.07, 6.45) is -1.69. The van der Waals surface area contributed by atoms with Crippen LogP contribution in [0.3, 0.4) is 0 Å². The van der Waals surface area contributed by atoms with E-state index in [2.05, 4.69) is 10.1 Å². The van der Waals surface area contributed by atoms with Crippen molar-refractivity contribution in [3.8, 4) is 0 Å². The molecule has 17 heavy (non-hydrogen) atoms. The molecule has 1 amide bonds. The lowest BCUT2D eigenvalue weighted by Crippen LogP contribution is -2.41. The Kier molecular flexibility index (Phi) is 3.07. The van der Waals surface area contributed by atoms with Crippen LogP contribution in [0.2, 0.25) is 0 Å². The number of nitrogens with two attached hydrogens (primary N) is 2. The van der Waals surface area contributed by atoms with E-state index in [1.165, 1.54) is 0 Å². The van der Waals surface area contributed by atoms with Crippen LogP contribution in [0.25, 0.3) is 0 Å². The molecule has 1 aromatic heterocycles. The van der Waals surface area contributed by atoms with Crippen LogP contribution in [0.15, 0.2) is 6.33 Å². The van der Waals surface area contributed by atoms with Gasteiger partial charge in [-0.25, -0.2) is 9.67 Å². The molecule has 0 saturated carbocycles. The third kappa shape index (κ3) is 1.89. The first-order valence-corrected chi connectivity index (χ1v) is 4.95. The zero-order valence-electron chi connectivity index (χ0n) is 8.80. The predicted octanol–water partition coefficient (Wildman–Crippen LogP) is -3.05. The van der Waals surface area contributed by atoms with Gasteiger partial charge in [0.2, 0.25) is 5.82 Å². The molecule has 9 nitrogen and oxygen atoms in total. The van der Waals surface area contributed by atoms with Crippen LogP contribution < -0.4 is 11.5 Å². The van der Waals surface area contributed by atoms with Crippen LogP contribution in [0.4, 0.5) is 0 Å². The molecule has 1 aliphatic heterocycles. The fourth-order valence-electron chi connectivity index (χ4n) is 1.74. The van der Waals surface area contributed by atoms with Gasteiger partial charge in [0.25, 0.3) is 5.91 Å². The molecule has 9 heteroatoms. The number of rotatable bonds is 3. The topological polar surface area (TPSA) is 150 Å². The van der Waals surface area contributed by atoms with E-state index < -0.39 is 30.4 Å². The van der Waals surface area contributed by atoms with Crippen molar-refractivity contribution in [2.24, 2.45) is 11.5 Å². The van der Waals surface area contributed by atoms with Crippen LogP contribution >= 0.6 is 0 Å². The third-order valence-electron chi connectivity index (χ3n) is 2.64. The highest BCUT2D eigenvalue weighted by Gasteiger charge is 2.43. The highest BCUT2D eigenvalue weighted by atomic mass is 16.5. The minimum atomic E-state index is -1.10. The molecule has 0 spiro atoms. The Bertz CT molecular complexity index is 422. The molecule has 0 aliphatic carbocycles. The maximum Gasteiger partial charge on any atom is 0.286 e. The van der Waals surface area contributed by atoms with Crippen molar-refractivity contribution in [1.82, 2.24) is 14.8 Å². The van der Waals surface area contributed by atoms with Crippen LogP contribution in [-0.2, 0) is 4.74 Å². The summed E-state index contributed by atoms with van der Waals surface area (Å²) in [7, 11) is 0. The Labute approximate surface area is 96.0 Å². The molecule has 0 bridgehead atoms. The van der Waals surface area contributed by atoms with Gasteiger partial charge in [0, 0.05) is 0 Å². The highest BCUT2D eigenvalue weighted by molar-refractivity contribution is 5.88. The van der Waals surface area contributed by atoms with E-state index in [-0.39, 0.29) is 12.4 Å². The number of aromatic nitrogens is 3. The monoisotopic (exact) mass is 243 g/mol. The lowest BCUT2D eigenvalue weighted by atomic mass is 10.1. The molecule has 2 rings (SSSR count). The zero-order chi connectivity index (χ0) is 12.6. The van der Waals surface area contributed by atoms with Gasteiger partial charge < -0.3 is 26.4 Å². The van der Waals surface area contributed by atoms with Crippen LogP contribution in [0.5, 0.6) is 0 Å². The Hall–Kier alpha value is -1.55. The summed E-state index contributed by atoms with van der Waals surface area (Å²) in [5.41, 5.74) is 10.7. The van der Waals surface area contributed by atoms with E-state index in [0.29, 0.717) is 0 Å². The number of aliphatic hydroxyl groups is 2. The quantitative estimate of drug-likeness (QED) is 0.440. The van der Waals surface area contributed by atoms with Crippen LogP contribution in [0.1, 0.15) is 16.8 Å². The standard InChI is InChI=1S/C8H13N5O4/c9-4-3(1-14)17-8(5(4)15)13-7(6(10)16)11-2-12-13/h2-5,8,14-15H,1,9H2,(H2,10,16)/t3-,4-,5-,8-/m1/s1. The third-order valence-corrected chi connectivity index (χ3v) is 2.64. The van der Waals surface area contributed by atoms with Crippen molar-refractivity contribution < 1.29 is 19.7 Å². The maximum atomic E-state index is 11.1. The van der Waals surface area contributed by atoms with Gasteiger partial charge in [-0.15, -0.1) is 0 Å². The molecule has 94 valence electrons. The molecule has 1 saturated heterocycles. The van der Waals surface area contributed by atoms with Crippen LogP contribution in [0, 0.1) is 0 Å². The number of hydrogen-bond acceptors (Lipinski definition) is 7. The van der Waals surface area contributed by atoms with Crippen molar-refractivity contribution >= 4 is 5.91 Å². The van der Waals surface area contributed by atoms with E-state index >= 15 is 0 Å². The largest absolute Gasteiger partial charge is 0.394 e. The van der Waals surface area contributed by atoms with Gasteiger partial charge in [0.1, 0.15) is 18.5 Å². The summed E-state index contributed by atoms with van der Waals surface area (Å²) in [4.78, 5) is 14.7. The number of aliphatic hydroxyl groups excluding tert-OH is 2. The number of hydrogen-bond donors (Lipinski definition) is 4. The maximum absolute atomic E-state index is 11.1. The molecule has 1 aromatic rings. The predicted molar refractivity (Wildman–Crippen MR) is 53.5 cm³/mol. The van der Waals surface area contributed by atoms with Crippen LogP contribution in [-0.4, -0.2) is 55.7 Å². The second-order valence-electron chi connectivity index (χ2n) is 3.71. The molecule has 0 radical (unpaired) electrons. The molecule has 0 unspecified atom stereocenters. The first-order chi connectivity index (χ1) is 8.06. The number of primary amides is 1. The normalized spacial score (nSPS) is 32.9. The summed E-state index contributed by atoms with van der Waals surface area (Å²) in [5, 5.41) is 22.6. The minimum Gasteiger partial charge on any atom is -0.394 e. The van der Waals surface area contributed by atoms with Crippen molar-refractivity contribution in [3.63, 3.8) is 0 Å². The van der Waals surface area contributed by atoms with Crippen molar-refractivity contribution in [2.45, 2.75) is 24.5 Å². The SMILES string of the molecule is NC(=O)c1ncnn1[C@@H]1O[C@H](CO)[C@@H](N)[C@H]1O. The number of ether oxygens (including phenoxy) is 1. The minimum absolute atomic E-state index is 0.139. The second kappa shape index (κ2) is 4.37. The van der Waals surface area contributed by atoms with Gasteiger partial charge in [-0.2, -0.15) is 5.10 Å². The first kappa shape index (κ1) is 11.9. The van der Waals surface area contributed by atoms with E-state index in [9.17, 15) is 9.90 Å². The highest BCUT2D eigenvalue weighted by Crippen LogP contribution is 2.27. The molecule has 1 aliphatic rings. The molecule has 2 heterocycles. The summed E-state index contributed by atoms with van der Waals surface area (Å²) < 4.78 is 6.36. The van der Waals surface area contributed by atoms with E-state index in [4.69, 9.17) is 21.3 Å². The van der Waals surface area contributed by atoms with E-state index in [0.717, 1.165) is 11.0 Å². The van der Waals surface area contributed by atoms with Crippen molar-refractivity contribution in [1.29, 1.82) is 0 Å². The average molecular weight is 243 g/mol. The first-order valence-electron chi connectivity index (χ1n) is 4.95. The summed E-state index contributed by atoms with van der Waals surface area (Å²) in [5.74, 6) is -0.931. The summed E-state index contributed by atoms with van der Waals surface area (Å²) >= 11 is 0. The summed E-state index contributed by atoms with van der Waals surface area (Å²) in [6.45, 7) is -0.338. The molecular formula is C8H13N5O4. The summed E-state index contributed by atoms with van der Waals surface area (Å²) in [6, 6.07) is -0.769. The number of carbonyl (C=O) groups excluding carboxylic acids is 1. The number of carbonyl (C=O) groups is 1. The van der Waals surface area contributed by atoms with E-state index in [1.54, 1.807) is 0 Å². The average Bonchev–Trinajstić information content (AvgIpc) is 2.86. The molecule has 0 aromatic carbocycles. The van der Waals surface area contributed by atoms with Crippen molar-refractivity contribution in [3.05, 3.63) is 12.2 Å². The Balaban J connectivity index is 2.29. The number of nitrogens with zero attached hydrogens (tertiary/aromatic N) is 3. The molecule has 1 fully saturated rings. The fraction of sp³-hybridized carbons (Fsp3) is 0.625. The van der Waals surface area contributed by atoms with Gasteiger partial charge in [0.05, 0.1) is 12.6 Å². The van der Waals surface area contributed by atoms with Gasteiger partial charge in [-0.1, -0.05) is 0 Å². The fourth-order valence-corrected chi connectivity index (χ4v) is 1.74. The van der Waals surface area contributed by atoms with E-state index in [1.807, 2.05) is 0 Å².